The van der Waals surface area contributed by atoms with E-state index in [2.05, 4.69) is 25.3 Å². The molecule has 37 heavy (non-hydrogen) atoms. The third-order valence-corrected chi connectivity index (χ3v) is 6.18. The molecule has 188 valence electrons. The lowest BCUT2D eigenvalue weighted by Crippen LogP contribution is -2.29. The number of nitrogens with zero attached hydrogens (tertiary/aromatic N) is 5. The monoisotopic (exact) mass is 499 g/mol. The van der Waals surface area contributed by atoms with Gasteiger partial charge in [0.2, 0.25) is 0 Å². The number of likely N-dealkylation sites (N-methyl/N-ethyl adjacent to an activating group) is 1. The number of imidazole rings is 2. The van der Waals surface area contributed by atoms with E-state index in [1.807, 2.05) is 23.5 Å². The largest absolute Gasteiger partial charge is 0.494 e. The number of aromatic nitrogens is 5. The first-order chi connectivity index (χ1) is 17.9. The molecule has 0 atom stereocenters. The van der Waals surface area contributed by atoms with Crippen molar-refractivity contribution in [2.45, 2.75) is 13.3 Å². The first kappa shape index (κ1) is 24.0. The Morgan fingerprint density at radius 2 is 2.03 bits per heavy atom. The minimum absolute atomic E-state index is 0.0551. The van der Waals surface area contributed by atoms with Gasteiger partial charge in [-0.1, -0.05) is 0 Å². The molecule has 3 aromatic heterocycles. The lowest BCUT2D eigenvalue weighted by atomic mass is 10.1. The fourth-order valence-corrected chi connectivity index (χ4v) is 4.18. The molecule has 3 heterocycles. The summed E-state index contributed by atoms with van der Waals surface area (Å²) in [6.45, 7) is 2.46. The van der Waals surface area contributed by atoms with Gasteiger partial charge in [0.15, 0.2) is 23.0 Å². The van der Waals surface area contributed by atoms with E-state index < -0.39 is 5.82 Å². The Hall–Kier alpha value is -4.73. The van der Waals surface area contributed by atoms with Crippen molar-refractivity contribution >= 4 is 23.1 Å². The van der Waals surface area contributed by atoms with Crippen LogP contribution in [0.15, 0.2) is 67.4 Å². The van der Waals surface area contributed by atoms with Crippen LogP contribution in [0, 0.1) is 12.7 Å². The molecule has 0 spiro atoms. The number of anilines is 2. The van der Waals surface area contributed by atoms with Crippen LogP contribution in [0.25, 0.3) is 16.9 Å². The summed E-state index contributed by atoms with van der Waals surface area (Å²) >= 11 is 0. The van der Waals surface area contributed by atoms with Gasteiger partial charge in [0.05, 0.1) is 19.0 Å². The van der Waals surface area contributed by atoms with E-state index in [1.54, 1.807) is 61.1 Å². The molecule has 0 radical (unpaired) electrons. The smallest absolute Gasteiger partial charge is 0.253 e. The number of ether oxygens (including phenoxy) is 1. The second-order valence-corrected chi connectivity index (χ2v) is 8.63. The van der Waals surface area contributed by atoms with Gasteiger partial charge in [-0.05, 0) is 48.9 Å². The molecule has 0 bridgehead atoms. The third-order valence-electron chi connectivity index (χ3n) is 6.18. The van der Waals surface area contributed by atoms with Gasteiger partial charge in [-0.15, -0.1) is 0 Å². The van der Waals surface area contributed by atoms with Crippen LogP contribution in [0.3, 0.4) is 0 Å². The number of rotatable bonds is 8. The van der Waals surface area contributed by atoms with Gasteiger partial charge in [0.25, 0.3) is 5.91 Å². The van der Waals surface area contributed by atoms with Crippen molar-refractivity contribution in [2.75, 3.05) is 26.0 Å². The maximum atomic E-state index is 14.3. The molecule has 2 N–H and O–H groups in total. The number of carbonyl (C=O) groups is 1. The fraction of sp³-hybridized carbons (Fsp3) is 0.185. The van der Waals surface area contributed by atoms with Crippen LogP contribution in [-0.4, -0.2) is 55.8 Å². The topological polar surface area (TPSA) is 100 Å². The van der Waals surface area contributed by atoms with Crippen LogP contribution in [0.1, 0.15) is 21.7 Å². The zero-order valence-electron chi connectivity index (χ0n) is 20.7. The molecule has 0 aliphatic carbocycles. The molecule has 5 aromatic rings. The van der Waals surface area contributed by atoms with E-state index in [0.29, 0.717) is 35.6 Å². The van der Waals surface area contributed by atoms with Gasteiger partial charge in [-0.2, -0.15) is 0 Å². The number of H-pyrrole nitrogens is 1. The number of fused-ring (bicyclic) bond motifs is 1. The number of aromatic amines is 1. The Bertz CT molecular complexity index is 1560. The van der Waals surface area contributed by atoms with E-state index >= 15 is 0 Å². The zero-order chi connectivity index (χ0) is 25.9. The minimum Gasteiger partial charge on any atom is -0.494 e. The highest BCUT2D eigenvalue weighted by molar-refractivity contribution is 5.96. The van der Waals surface area contributed by atoms with Crippen molar-refractivity contribution in [3.63, 3.8) is 0 Å². The summed E-state index contributed by atoms with van der Waals surface area (Å²) in [6.07, 6.45) is 9.22. The second kappa shape index (κ2) is 10.1. The molecule has 2 aromatic carbocycles. The summed E-state index contributed by atoms with van der Waals surface area (Å²) < 4.78 is 21.1. The van der Waals surface area contributed by atoms with Crippen LogP contribution in [-0.2, 0) is 6.42 Å². The summed E-state index contributed by atoms with van der Waals surface area (Å²) in [5.74, 6) is 1.07. The first-order valence-corrected chi connectivity index (χ1v) is 11.7. The SMILES string of the molecule is COc1ccc(-c2cnc3c(Nc4ccc(C(=O)N(C)CCc5ncc[nH]5)c(C)c4)nccn23)cc1F. The van der Waals surface area contributed by atoms with Crippen LogP contribution < -0.4 is 10.1 Å². The number of carbonyl (C=O) groups excluding carboxylic acids is 1. The van der Waals surface area contributed by atoms with Gasteiger partial charge >= 0.3 is 0 Å². The highest BCUT2D eigenvalue weighted by Crippen LogP contribution is 2.29. The number of hydrogen-bond donors (Lipinski definition) is 2. The Kier molecular flexibility index (Phi) is 6.55. The summed E-state index contributed by atoms with van der Waals surface area (Å²) in [7, 11) is 3.22. The molecule has 9 nitrogen and oxygen atoms in total. The first-order valence-electron chi connectivity index (χ1n) is 11.7. The number of benzene rings is 2. The molecular formula is C27H26FN7O2. The van der Waals surface area contributed by atoms with Crippen molar-refractivity contribution in [1.29, 1.82) is 0 Å². The molecule has 0 aliphatic rings. The number of nitrogens with one attached hydrogen (secondary N) is 2. The van der Waals surface area contributed by atoms with Crippen LogP contribution in [0.4, 0.5) is 15.9 Å². The summed E-state index contributed by atoms with van der Waals surface area (Å²) in [5, 5.41) is 3.30. The molecule has 0 unspecified atom stereocenters. The number of methoxy groups -OCH3 is 1. The number of hydrogen-bond acceptors (Lipinski definition) is 6. The quantitative estimate of drug-likeness (QED) is 0.323. The minimum atomic E-state index is -0.445. The van der Waals surface area contributed by atoms with Gasteiger partial charge in [-0.3, -0.25) is 9.20 Å². The Balaban J connectivity index is 1.35. The third kappa shape index (κ3) is 4.86. The number of aryl methyl sites for hydroxylation is 1. The summed E-state index contributed by atoms with van der Waals surface area (Å²) in [6, 6.07) is 10.3. The van der Waals surface area contributed by atoms with Crippen LogP contribution in [0.2, 0.25) is 0 Å². The molecular weight excluding hydrogens is 473 g/mol. The summed E-state index contributed by atoms with van der Waals surface area (Å²) in [4.78, 5) is 30.9. The Labute approximate surface area is 213 Å². The lowest BCUT2D eigenvalue weighted by Gasteiger charge is -2.18. The van der Waals surface area contributed by atoms with Gasteiger partial charge in [0.1, 0.15) is 5.82 Å². The van der Waals surface area contributed by atoms with E-state index in [-0.39, 0.29) is 11.7 Å². The van der Waals surface area contributed by atoms with Gasteiger partial charge in [-0.25, -0.2) is 19.3 Å². The van der Waals surface area contributed by atoms with Crippen molar-refractivity contribution in [1.82, 2.24) is 29.2 Å². The maximum absolute atomic E-state index is 14.3. The predicted octanol–water partition coefficient (Wildman–Crippen LogP) is 4.63. The van der Waals surface area contributed by atoms with Gasteiger partial charge < -0.3 is 19.9 Å². The normalized spacial score (nSPS) is 11.0. The Morgan fingerprint density at radius 1 is 1.16 bits per heavy atom. The van der Waals surface area contributed by atoms with E-state index in [0.717, 1.165) is 22.8 Å². The standard InChI is InChI=1S/C27H26FN7O2/c1-17-14-19(5-6-20(17)27(36)34(2)12-8-24-29-9-10-30-24)33-25-26-32-16-22(35(26)13-11-31-25)18-4-7-23(37-3)21(28)15-18/h4-7,9-11,13-16H,8,12H2,1-3H3,(H,29,30)(H,31,33). The summed E-state index contributed by atoms with van der Waals surface area (Å²) in [5.41, 5.74) is 4.21. The lowest BCUT2D eigenvalue weighted by molar-refractivity contribution is 0.0795. The van der Waals surface area contributed by atoms with Crippen molar-refractivity contribution < 1.29 is 13.9 Å². The second-order valence-electron chi connectivity index (χ2n) is 8.63. The highest BCUT2D eigenvalue weighted by atomic mass is 19.1. The zero-order valence-corrected chi connectivity index (χ0v) is 20.7. The van der Waals surface area contributed by atoms with E-state index in [4.69, 9.17) is 4.74 Å². The average molecular weight is 500 g/mol. The Morgan fingerprint density at radius 3 is 2.76 bits per heavy atom. The highest BCUT2D eigenvalue weighted by Gasteiger charge is 2.16. The maximum Gasteiger partial charge on any atom is 0.253 e. The van der Waals surface area contributed by atoms with Crippen LogP contribution >= 0.6 is 0 Å². The molecule has 10 heteroatoms. The molecule has 0 saturated heterocycles. The fourth-order valence-electron chi connectivity index (χ4n) is 4.18. The van der Waals surface area contributed by atoms with E-state index in [9.17, 15) is 9.18 Å². The number of amides is 1. The van der Waals surface area contributed by atoms with E-state index in [1.165, 1.54) is 13.2 Å². The molecule has 0 saturated carbocycles. The van der Waals surface area contributed by atoms with Gasteiger partial charge in [0, 0.05) is 61.6 Å². The number of halogens is 1. The van der Waals surface area contributed by atoms with Crippen LogP contribution in [0.5, 0.6) is 5.75 Å². The van der Waals surface area contributed by atoms with Crippen molar-refractivity contribution in [2.24, 2.45) is 0 Å². The average Bonchev–Trinajstić information content (AvgIpc) is 3.58. The molecule has 0 fully saturated rings. The molecule has 5 rings (SSSR count). The molecule has 1 amide bonds. The van der Waals surface area contributed by atoms with Crippen molar-refractivity contribution in [3.05, 3.63) is 90.2 Å². The predicted molar refractivity (Wildman–Crippen MR) is 139 cm³/mol. The van der Waals surface area contributed by atoms with Crippen molar-refractivity contribution in [3.8, 4) is 17.0 Å². The molecule has 0 aliphatic heterocycles.